The van der Waals surface area contributed by atoms with Crippen molar-refractivity contribution in [3.63, 3.8) is 0 Å². The third-order valence-electron chi connectivity index (χ3n) is 4.43. The second kappa shape index (κ2) is 6.08. The van der Waals surface area contributed by atoms with E-state index in [1.807, 2.05) is 0 Å². The average molecular weight is 370 g/mol. The van der Waals surface area contributed by atoms with E-state index in [9.17, 15) is 18.0 Å². The van der Waals surface area contributed by atoms with Crippen LogP contribution < -0.4 is 5.56 Å². The van der Waals surface area contributed by atoms with Crippen molar-refractivity contribution in [1.29, 1.82) is 0 Å². The Labute approximate surface area is 151 Å². The monoisotopic (exact) mass is 370 g/mol. The molecule has 0 aliphatic rings. The number of nitrogens with zero attached hydrogens (tertiary/aromatic N) is 4. The van der Waals surface area contributed by atoms with Crippen LogP contribution >= 0.6 is 0 Å². The predicted octanol–water partition coefficient (Wildman–Crippen LogP) is 3.81. The Kier molecular flexibility index (Phi) is 3.83. The molecule has 2 heterocycles. The third kappa shape index (κ3) is 2.79. The number of rotatable bonds is 2. The lowest BCUT2D eigenvalue weighted by Crippen LogP contribution is -2.22. The van der Waals surface area contributed by atoms with E-state index in [1.165, 1.54) is 29.4 Å². The molecular weight excluding hydrogens is 357 g/mol. The van der Waals surface area contributed by atoms with Gasteiger partial charge in [0.05, 0.1) is 22.3 Å². The zero-order chi connectivity index (χ0) is 19.2. The summed E-state index contributed by atoms with van der Waals surface area (Å²) >= 11 is 0. The van der Waals surface area contributed by atoms with Crippen LogP contribution in [-0.2, 0) is 13.2 Å². The van der Waals surface area contributed by atoms with Gasteiger partial charge in [0.15, 0.2) is 0 Å². The minimum Gasteiger partial charge on any atom is -0.311 e. The van der Waals surface area contributed by atoms with Crippen molar-refractivity contribution in [3.05, 3.63) is 77.1 Å². The molecule has 0 bridgehead atoms. The van der Waals surface area contributed by atoms with Crippen molar-refractivity contribution >= 4 is 10.9 Å². The quantitative estimate of drug-likeness (QED) is 0.539. The zero-order valence-electron chi connectivity index (χ0n) is 14.1. The molecule has 2 aromatic heterocycles. The van der Waals surface area contributed by atoms with Gasteiger partial charge in [-0.15, -0.1) is 10.2 Å². The molecule has 27 heavy (non-hydrogen) atoms. The molecule has 0 aliphatic heterocycles. The van der Waals surface area contributed by atoms with Gasteiger partial charge in [-0.2, -0.15) is 13.2 Å². The molecule has 4 rings (SSSR count). The molecule has 5 nitrogen and oxygen atoms in total. The van der Waals surface area contributed by atoms with Gasteiger partial charge in [-0.25, -0.2) is 0 Å². The van der Waals surface area contributed by atoms with E-state index in [0.29, 0.717) is 16.6 Å². The second-order valence-corrected chi connectivity index (χ2v) is 6.05. The third-order valence-corrected chi connectivity index (χ3v) is 4.43. The van der Waals surface area contributed by atoms with Crippen LogP contribution in [0.5, 0.6) is 0 Å². The van der Waals surface area contributed by atoms with Gasteiger partial charge in [0.1, 0.15) is 12.7 Å². The van der Waals surface area contributed by atoms with Crippen molar-refractivity contribution in [3.8, 4) is 16.8 Å². The second-order valence-electron chi connectivity index (χ2n) is 6.05. The summed E-state index contributed by atoms with van der Waals surface area (Å²) in [5.74, 6) is 0. The Balaban J connectivity index is 2.14. The highest BCUT2D eigenvalue weighted by Crippen LogP contribution is 2.34. The van der Waals surface area contributed by atoms with Crippen molar-refractivity contribution < 1.29 is 13.2 Å². The largest absolute Gasteiger partial charge is 0.416 e. The smallest absolute Gasteiger partial charge is 0.311 e. The van der Waals surface area contributed by atoms with Gasteiger partial charge in [0.2, 0.25) is 0 Å². The van der Waals surface area contributed by atoms with E-state index in [1.54, 1.807) is 35.9 Å². The molecule has 0 atom stereocenters. The van der Waals surface area contributed by atoms with Crippen molar-refractivity contribution in [2.24, 2.45) is 7.05 Å². The fourth-order valence-corrected chi connectivity index (χ4v) is 3.18. The molecule has 4 aromatic rings. The Morgan fingerprint density at radius 3 is 2.37 bits per heavy atom. The summed E-state index contributed by atoms with van der Waals surface area (Å²) in [6, 6.07) is 11.9. The average Bonchev–Trinajstić information content (AvgIpc) is 3.18. The van der Waals surface area contributed by atoms with Crippen molar-refractivity contribution in [2.45, 2.75) is 6.18 Å². The molecule has 0 spiro atoms. The lowest BCUT2D eigenvalue weighted by atomic mass is 9.99. The Morgan fingerprint density at radius 1 is 0.963 bits per heavy atom. The molecule has 0 saturated carbocycles. The lowest BCUT2D eigenvalue weighted by Gasteiger charge is -2.17. The van der Waals surface area contributed by atoms with Crippen LogP contribution in [0.25, 0.3) is 27.7 Å². The maximum absolute atomic E-state index is 13.2. The number of aryl methyl sites for hydroxylation is 1. The van der Waals surface area contributed by atoms with Gasteiger partial charge in [-0.05, 0) is 23.8 Å². The van der Waals surface area contributed by atoms with Crippen LogP contribution in [0.2, 0.25) is 0 Å². The van der Waals surface area contributed by atoms with Gasteiger partial charge < -0.3 is 4.57 Å². The van der Waals surface area contributed by atoms with Crippen LogP contribution in [-0.4, -0.2) is 19.3 Å². The summed E-state index contributed by atoms with van der Waals surface area (Å²) in [6.45, 7) is 0. The van der Waals surface area contributed by atoms with Gasteiger partial charge in [-0.3, -0.25) is 9.36 Å². The highest BCUT2D eigenvalue weighted by molar-refractivity contribution is 5.95. The summed E-state index contributed by atoms with van der Waals surface area (Å²) in [5.41, 5.74) is 0.212. The first-order valence-corrected chi connectivity index (χ1v) is 8.02. The Morgan fingerprint density at radius 2 is 1.67 bits per heavy atom. The van der Waals surface area contributed by atoms with E-state index in [-0.39, 0.29) is 11.1 Å². The number of benzene rings is 2. The van der Waals surface area contributed by atoms with E-state index >= 15 is 0 Å². The van der Waals surface area contributed by atoms with Crippen LogP contribution in [0.1, 0.15) is 5.56 Å². The molecule has 0 aliphatic carbocycles. The predicted molar refractivity (Wildman–Crippen MR) is 94.5 cm³/mol. The van der Waals surface area contributed by atoms with Gasteiger partial charge >= 0.3 is 6.18 Å². The summed E-state index contributed by atoms with van der Waals surface area (Å²) in [6.07, 6.45) is -1.68. The van der Waals surface area contributed by atoms with E-state index in [4.69, 9.17) is 0 Å². The Bertz CT molecular complexity index is 1190. The van der Waals surface area contributed by atoms with Gasteiger partial charge in [-0.1, -0.05) is 30.3 Å². The van der Waals surface area contributed by atoms with Crippen LogP contribution in [0, 0.1) is 0 Å². The van der Waals surface area contributed by atoms with Crippen LogP contribution in [0.3, 0.4) is 0 Å². The number of aromatic nitrogens is 4. The van der Waals surface area contributed by atoms with Gasteiger partial charge in [0, 0.05) is 12.4 Å². The van der Waals surface area contributed by atoms with Crippen LogP contribution in [0.4, 0.5) is 13.2 Å². The number of para-hydroxylation sites is 1. The highest BCUT2D eigenvalue weighted by Gasteiger charge is 2.31. The molecule has 8 heteroatoms. The minimum absolute atomic E-state index is 0.155. The highest BCUT2D eigenvalue weighted by atomic mass is 19.4. The van der Waals surface area contributed by atoms with E-state index in [0.717, 1.165) is 12.1 Å². The first-order chi connectivity index (χ1) is 12.9. The van der Waals surface area contributed by atoms with Crippen LogP contribution in [0.15, 0.2) is 66.0 Å². The molecule has 0 radical (unpaired) electrons. The summed E-state index contributed by atoms with van der Waals surface area (Å²) in [4.78, 5) is 13.1. The molecule has 0 fully saturated rings. The maximum Gasteiger partial charge on any atom is 0.416 e. The van der Waals surface area contributed by atoms with Crippen molar-refractivity contribution in [1.82, 2.24) is 19.3 Å². The standard InChI is InChI=1S/C19H13F3N4O/c1-25-15-8-3-2-7-14(15)17(26-10-23-24-11-26)16(18(25)27)12-5-4-6-13(9-12)19(20,21)22/h2-11H,1H3. The fraction of sp³-hybridized carbons (Fsp3) is 0.105. The molecule has 0 saturated heterocycles. The number of fused-ring (bicyclic) bond motifs is 1. The molecule has 0 N–H and O–H groups in total. The number of hydrogen-bond acceptors (Lipinski definition) is 3. The lowest BCUT2D eigenvalue weighted by molar-refractivity contribution is -0.137. The maximum atomic E-state index is 13.2. The minimum atomic E-state index is -4.51. The first kappa shape index (κ1) is 17.0. The van der Waals surface area contributed by atoms with E-state index in [2.05, 4.69) is 10.2 Å². The first-order valence-electron chi connectivity index (χ1n) is 8.02. The van der Waals surface area contributed by atoms with E-state index < -0.39 is 17.3 Å². The normalized spacial score (nSPS) is 11.9. The molecule has 0 unspecified atom stereocenters. The topological polar surface area (TPSA) is 52.7 Å². The number of pyridine rings is 1. The number of halogens is 3. The molecule has 136 valence electrons. The summed E-state index contributed by atoms with van der Waals surface area (Å²) in [7, 11) is 1.59. The summed E-state index contributed by atoms with van der Waals surface area (Å²) in [5, 5.41) is 8.25. The zero-order valence-corrected chi connectivity index (χ0v) is 14.1. The molecule has 2 aromatic carbocycles. The molecular formula is C19H13F3N4O. The van der Waals surface area contributed by atoms with Crippen molar-refractivity contribution in [2.75, 3.05) is 0 Å². The SMILES string of the molecule is Cn1c(=O)c(-c2cccc(C(F)(F)F)c2)c(-n2cnnc2)c2ccccc21. The number of alkyl halides is 3. The molecule has 0 amide bonds. The van der Waals surface area contributed by atoms with Gasteiger partial charge in [0.25, 0.3) is 5.56 Å². The summed E-state index contributed by atoms with van der Waals surface area (Å²) < 4.78 is 42.5. The number of hydrogen-bond donors (Lipinski definition) is 0. The fourth-order valence-electron chi connectivity index (χ4n) is 3.18. The Hall–Kier alpha value is -3.42.